The molecule has 3 rings (SSSR count). The van der Waals surface area contributed by atoms with Gasteiger partial charge in [-0.2, -0.15) is 0 Å². The quantitative estimate of drug-likeness (QED) is 0.346. The lowest BCUT2D eigenvalue weighted by Gasteiger charge is -2.30. The van der Waals surface area contributed by atoms with E-state index in [-0.39, 0.29) is 23.7 Å². The Balaban J connectivity index is 2.03. The number of carbonyl (C=O) groups excluding carboxylic acids is 2. The van der Waals surface area contributed by atoms with Gasteiger partial charge in [0.25, 0.3) is 11.6 Å². The maximum Gasteiger partial charge on any atom is 0.341 e. The minimum atomic E-state index is -0.729. The zero-order chi connectivity index (χ0) is 24.3. The van der Waals surface area contributed by atoms with E-state index in [9.17, 15) is 19.7 Å². The molecule has 1 aromatic carbocycles. The average molecular weight is 478 g/mol. The predicted octanol–water partition coefficient (Wildman–Crippen LogP) is 3.87. The second-order valence-corrected chi connectivity index (χ2v) is 8.78. The maximum atomic E-state index is 13.2. The molecule has 1 aromatic heterocycles. The van der Waals surface area contributed by atoms with Crippen molar-refractivity contribution in [2.24, 2.45) is 0 Å². The second-order valence-electron chi connectivity index (χ2n) is 7.68. The van der Waals surface area contributed by atoms with Crippen LogP contribution in [0.1, 0.15) is 51.9 Å². The van der Waals surface area contributed by atoms with E-state index in [1.54, 1.807) is 6.92 Å². The smallest absolute Gasteiger partial charge is 0.341 e. The van der Waals surface area contributed by atoms with E-state index in [4.69, 9.17) is 14.2 Å². The number of benzene rings is 1. The lowest BCUT2D eigenvalue weighted by molar-refractivity contribution is -0.385. The Bertz CT molecular complexity index is 1080. The zero-order valence-corrected chi connectivity index (χ0v) is 20.0. The highest BCUT2D eigenvalue weighted by Crippen LogP contribution is 2.40. The molecule has 1 amide bonds. The van der Waals surface area contributed by atoms with Crippen molar-refractivity contribution in [3.63, 3.8) is 0 Å². The number of methoxy groups -OCH3 is 2. The molecule has 0 unspecified atom stereocenters. The van der Waals surface area contributed by atoms with Gasteiger partial charge in [-0.3, -0.25) is 19.8 Å². The summed E-state index contributed by atoms with van der Waals surface area (Å²) >= 11 is 1.29. The van der Waals surface area contributed by atoms with Gasteiger partial charge in [0, 0.05) is 30.1 Å². The number of ether oxygens (including phenoxy) is 3. The Hall–Kier alpha value is -3.18. The molecule has 11 heteroatoms. The fraction of sp³-hybridized carbons (Fsp3) is 0.455. The summed E-state index contributed by atoms with van der Waals surface area (Å²) in [6.45, 7) is 7.53. The fourth-order valence-corrected chi connectivity index (χ4v) is 5.00. The molecule has 0 fully saturated rings. The molecule has 2 aromatic rings. The molecular formula is C22H27N3O7S. The molecule has 0 spiro atoms. The second kappa shape index (κ2) is 10.2. The first-order chi connectivity index (χ1) is 15.7. The molecule has 1 aliphatic heterocycles. The minimum absolute atomic E-state index is 0.133. The van der Waals surface area contributed by atoms with E-state index in [0.29, 0.717) is 29.6 Å². The van der Waals surface area contributed by atoms with Crippen molar-refractivity contribution in [2.45, 2.75) is 39.8 Å². The molecule has 2 heterocycles. The molecule has 178 valence electrons. The van der Waals surface area contributed by atoms with Crippen molar-refractivity contribution >= 4 is 33.9 Å². The maximum absolute atomic E-state index is 13.2. The highest BCUT2D eigenvalue weighted by molar-refractivity contribution is 7.17. The third kappa shape index (κ3) is 4.93. The number of hydrogen-bond acceptors (Lipinski definition) is 9. The van der Waals surface area contributed by atoms with Gasteiger partial charge in [0.1, 0.15) is 10.6 Å². The number of thiophene rings is 1. The summed E-state index contributed by atoms with van der Waals surface area (Å²) in [5.74, 6) is -0.942. The molecule has 0 bridgehead atoms. The molecule has 0 radical (unpaired) electrons. The van der Waals surface area contributed by atoms with E-state index < -0.39 is 22.5 Å². The number of carbonyl (C=O) groups is 2. The molecule has 0 atom stereocenters. The highest BCUT2D eigenvalue weighted by atomic mass is 32.1. The molecular weight excluding hydrogens is 450 g/mol. The van der Waals surface area contributed by atoms with Gasteiger partial charge in [0.2, 0.25) is 0 Å². The first kappa shape index (κ1) is 24.5. The van der Waals surface area contributed by atoms with Crippen LogP contribution in [0.2, 0.25) is 0 Å². The summed E-state index contributed by atoms with van der Waals surface area (Å²) in [5.41, 5.74) is 0.530. The number of nitrogens with zero attached hydrogens (tertiary/aromatic N) is 2. The van der Waals surface area contributed by atoms with Gasteiger partial charge in [-0.25, -0.2) is 4.79 Å². The number of anilines is 1. The molecule has 33 heavy (non-hydrogen) atoms. The van der Waals surface area contributed by atoms with Crippen molar-refractivity contribution in [3.05, 3.63) is 43.8 Å². The molecule has 10 nitrogen and oxygen atoms in total. The summed E-state index contributed by atoms with van der Waals surface area (Å²) in [7, 11) is 2.72. The van der Waals surface area contributed by atoms with Crippen LogP contribution in [0.5, 0.6) is 11.5 Å². The van der Waals surface area contributed by atoms with Gasteiger partial charge in [-0.15, -0.1) is 11.3 Å². The van der Waals surface area contributed by atoms with Crippen molar-refractivity contribution in [2.75, 3.05) is 32.7 Å². The third-order valence-corrected chi connectivity index (χ3v) is 6.60. The normalized spacial score (nSPS) is 13.4. The molecule has 1 aliphatic rings. The summed E-state index contributed by atoms with van der Waals surface area (Å²) in [5, 5.41) is 14.6. The van der Waals surface area contributed by atoms with E-state index >= 15 is 0 Å². The van der Waals surface area contributed by atoms with E-state index in [1.807, 2.05) is 0 Å². The van der Waals surface area contributed by atoms with E-state index in [1.165, 1.54) is 31.6 Å². The lowest BCUT2D eigenvalue weighted by atomic mass is 10.0. The summed E-state index contributed by atoms with van der Waals surface area (Å²) in [6, 6.07) is 2.73. The average Bonchev–Trinajstić information content (AvgIpc) is 3.14. The monoisotopic (exact) mass is 477 g/mol. The van der Waals surface area contributed by atoms with Crippen LogP contribution in [0, 0.1) is 10.1 Å². The van der Waals surface area contributed by atoms with Gasteiger partial charge in [-0.05, 0) is 32.8 Å². The highest BCUT2D eigenvalue weighted by Gasteiger charge is 2.32. The van der Waals surface area contributed by atoms with Crippen molar-refractivity contribution in [1.82, 2.24) is 4.90 Å². The Labute approximate surface area is 195 Å². The molecule has 1 N–H and O–H groups in total. The Morgan fingerprint density at radius 2 is 1.91 bits per heavy atom. The lowest BCUT2D eigenvalue weighted by Crippen LogP contribution is -2.35. The standard InChI is InChI=1S/C22H27N3O7S/c1-6-32-22(27)19-13-7-8-24(12(2)3)11-18(13)33-21(19)23-20(26)14-9-16(30-4)17(31-5)10-15(14)25(28)29/h9-10,12H,6-8,11H2,1-5H3,(H,23,26). The Morgan fingerprint density at radius 1 is 1.24 bits per heavy atom. The number of nitro benzene ring substituents is 1. The number of esters is 1. The number of hydrogen-bond donors (Lipinski definition) is 1. The van der Waals surface area contributed by atoms with Crippen molar-refractivity contribution < 1.29 is 28.7 Å². The van der Waals surface area contributed by atoms with Gasteiger partial charge < -0.3 is 19.5 Å². The number of amides is 1. The Morgan fingerprint density at radius 3 is 2.48 bits per heavy atom. The van der Waals surface area contributed by atoms with Crippen molar-refractivity contribution in [3.8, 4) is 11.5 Å². The van der Waals surface area contributed by atoms with Gasteiger partial charge >= 0.3 is 5.97 Å². The number of nitrogens with one attached hydrogen (secondary N) is 1. The van der Waals surface area contributed by atoms with Gasteiger partial charge in [-0.1, -0.05) is 0 Å². The number of rotatable bonds is 8. The van der Waals surface area contributed by atoms with Gasteiger partial charge in [0.05, 0.1) is 37.4 Å². The van der Waals surface area contributed by atoms with Crippen LogP contribution >= 0.6 is 11.3 Å². The molecule has 0 saturated carbocycles. The number of nitro groups is 1. The van der Waals surface area contributed by atoms with Crippen LogP contribution in [-0.4, -0.2) is 55.1 Å². The van der Waals surface area contributed by atoms with Crippen LogP contribution in [0.3, 0.4) is 0 Å². The Kier molecular flexibility index (Phi) is 7.54. The van der Waals surface area contributed by atoms with Crippen LogP contribution in [-0.2, 0) is 17.7 Å². The minimum Gasteiger partial charge on any atom is -0.493 e. The van der Waals surface area contributed by atoms with Crippen LogP contribution < -0.4 is 14.8 Å². The summed E-state index contributed by atoms with van der Waals surface area (Å²) in [4.78, 5) is 40.1. The molecule has 0 aliphatic carbocycles. The van der Waals surface area contributed by atoms with Crippen LogP contribution in [0.15, 0.2) is 12.1 Å². The van der Waals surface area contributed by atoms with Crippen LogP contribution in [0.25, 0.3) is 0 Å². The summed E-state index contributed by atoms with van der Waals surface area (Å²) < 4.78 is 15.6. The first-order valence-electron chi connectivity index (χ1n) is 10.5. The fourth-order valence-electron chi connectivity index (χ4n) is 3.74. The molecule has 0 saturated heterocycles. The first-order valence-corrected chi connectivity index (χ1v) is 11.3. The zero-order valence-electron chi connectivity index (χ0n) is 19.2. The largest absolute Gasteiger partial charge is 0.493 e. The van der Waals surface area contributed by atoms with Crippen molar-refractivity contribution in [1.29, 1.82) is 0 Å². The predicted molar refractivity (Wildman–Crippen MR) is 124 cm³/mol. The third-order valence-electron chi connectivity index (χ3n) is 5.47. The topological polar surface area (TPSA) is 120 Å². The SMILES string of the molecule is CCOC(=O)c1c(NC(=O)c2cc(OC)c(OC)cc2[N+](=O)[O-])sc2c1CCN(C(C)C)C2. The van der Waals surface area contributed by atoms with E-state index in [2.05, 4.69) is 24.1 Å². The van der Waals surface area contributed by atoms with E-state index in [0.717, 1.165) is 23.1 Å². The van der Waals surface area contributed by atoms with Gasteiger partial charge in [0.15, 0.2) is 11.5 Å². The number of fused-ring (bicyclic) bond motifs is 1. The summed E-state index contributed by atoms with van der Waals surface area (Å²) in [6.07, 6.45) is 0.643. The van der Waals surface area contributed by atoms with Crippen LogP contribution in [0.4, 0.5) is 10.7 Å².